The molecule has 1 aliphatic heterocycles. The SMILES string of the molecule is CCOc1ccc(S(=O)(=O)[C@H]2CS(=O)(=O)C[C@@H]2NCCc2ccc(Cl)cc2)cc1. The monoisotopic (exact) mass is 457 g/mol. The topological polar surface area (TPSA) is 89.5 Å². The Morgan fingerprint density at radius 2 is 1.72 bits per heavy atom. The van der Waals surface area contributed by atoms with Crippen LogP contribution < -0.4 is 10.1 Å². The summed E-state index contributed by atoms with van der Waals surface area (Å²) in [6, 6.07) is 12.8. The van der Waals surface area contributed by atoms with Gasteiger partial charge < -0.3 is 10.1 Å². The summed E-state index contributed by atoms with van der Waals surface area (Å²) in [6.45, 7) is 2.79. The molecule has 0 unspecified atom stereocenters. The van der Waals surface area contributed by atoms with Gasteiger partial charge >= 0.3 is 0 Å². The summed E-state index contributed by atoms with van der Waals surface area (Å²) in [5, 5.41) is 2.77. The molecule has 0 amide bonds. The standard InChI is InChI=1S/C20H24ClNO5S2/c1-2-27-17-7-9-18(10-8-17)29(25,26)20-14-28(23,24)13-19(20)22-12-11-15-3-5-16(21)6-4-15/h3-10,19-20,22H,2,11-14H2,1H3/t19-,20-/m0/s1. The zero-order chi connectivity index (χ0) is 21.1. The Labute approximate surface area is 177 Å². The van der Waals surface area contributed by atoms with Gasteiger partial charge in [0.1, 0.15) is 5.75 Å². The maximum absolute atomic E-state index is 13.1. The molecule has 2 aromatic rings. The molecule has 0 spiro atoms. The van der Waals surface area contributed by atoms with Crippen molar-refractivity contribution < 1.29 is 21.6 Å². The van der Waals surface area contributed by atoms with Crippen molar-refractivity contribution >= 4 is 31.3 Å². The molecular weight excluding hydrogens is 434 g/mol. The van der Waals surface area contributed by atoms with Crippen molar-refractivity contribution in [3.63, 3.8) is 0 Å². The molecule has 3 rings (SSSR count). The number of nitrogens with one attached hydrogen (secondary N) is 1. The average molecular weight is 458 g/mol. The van der Waals surface area contributed by atoms with Crippen LogP contribution >= 0.6 is 11.6 Å². The minimum absolute atomic E-state index is 0.104. The second kappa shape index (κ2) is 9.04. The summed E-state index contributed by atoms with van der Waals surface area (Å²) in [6.07, 6.45) is 0.642. The molecular formula is C20H24ClNO5S2. The zero-order valence-electron chi connectivity index (χ0n) is 16.0. The van der Waals surface area contributed by atoms with Gasteiger partial charge in [-0.15, -0.1) is 0 Å². The lowest BCUT2D eigenvalue weighted by Gasteiger charge is -2.20. The van der Waals surface area contributed by atoms with Crippen molar-refractivity contribution in [2.75, 3.05) is 24.7 Å². The maximum atomic E-state index is 13.1. The van der Waals surface area contributed by atoms with Crippen LogP contribution in [-0.2, 0) is 26.1 Å². The lowest BCUT2D eigenvalue weighted by Crippen LogP contribution is -2.44. The lowest BCUT2D eigenvalue weighted by atomic mass is 10.1. The van der Waals surface area contributed by atoms with E-state index in [-0.39, 0.29) is 16.4 Å². The quantitative estimate of drug-likeness (QED) is 0.655. The van der Waals surface area contributed by atoms with Crippen LogP contribution in [0.4, 0.5) is 0 Å². The van der Waals surface area contributed by atoms with Gasteiger partial charge in [-0.25, -0.2) is 16.8 Å². The first-order chi connectivity index (χ1) is 13.7. The molecule has 0 aromatic heterocycles. The third-order valence-corrected chi connectivity index (χ3v) is 9.31. The van der Waals surface area contributed by atoms with Crippen molar-refractivity contribution in [3.05, 3.63) is 59.1 Å². The number of hydrogen-bond acceptors (Lipinski definition) is 6. The minimum Gasteiger partial charge on any atom is -0.494 e. The van der Waals surface area contributed by atoms with Gasteiger partial charge in [0.05, 0.1) is 28.3 Å². The van der Waals surface area contributed by atoms with Gasteiger partial charge in [0.25, 0.3) is 0 Å². The van der Waals surface area contributed by atoms with Crippen LogP contribution in [0.1, 0.15) is 12.5 Å². The minimum atomic E-state index is -3.81. The zero-order valence-corrected chi connectivity index (χ0v) is 18.4. The van der Waals surface area contributed by atoms with Crippen LogP contribution in [0, 0.1) is 0 Å². The molecule has 0 radical (unpaired) electrons. The molecule has 1 aliphatic rings. The van der Waals surface area contributed by atoms with E-state index in [1.165, 1.54) is 12.1 Å². The predicted octanol–water partition coefficient (Wildman–Crippen LogP) is 2.51. The van der Waals surface area contributed by atoms with Crippen LogP contribution in [0.2, 0.25) is 5.02 Å². The van der Waals surface area contributed by atoms with Gasteiger partial charge in [-0.2, -0.15) is 0 Å². The van der Waals surface area contributed by atoms with Gasteiger partial charge in [0, 0.05) is 11.1 Å². The van der Waals surface area contributed by atoms with Crippen LogP contribution in [0.15, 0.2) is 53.4 Å². The highest BCUT2D eigenvalue weighted by Gasteiger charge is 2.45. The van der Waals surface area contributed by atoms with Gasteiger partial charge in [0.15, 0.2) is 19.7 Å². The van der Waals surface area contributed by atoms with Gasteiger partial charge in [-0.1, -0.05) is 23.7 Å². The number of benzene rings is 2. The first kappa shape index (κ1) is 22.1. The second-order valence-electron chi connectivity index (χ2n) is 7.00. The fourth-order valence-electron chi connectivity index (χ4n) is 3.43. The van der Waals surface area contributed by atoms with Crippen LogP contribution in [0.25, 0.3) is 0 Å². The molecule has 0 bridgehead atoms. The largest absolute Gasteiger partial charge is 0.494 e. The highest BCUT2D eigenvalue weighted by Crippen LogP contribution is 2.27. The van der Waals surface area contributed by atoms with Crippen molar-refractivity contribution in [1.82, 2.24) is 5.32 Å². The van der Waals surface area contributed by atoms with Crippen molar-refractivity contribution in [2.45, 2.75) is 29.5 Å². The van der Waals surface area contributed by atoms with E-state index in [0.717, 1.165) is 5.56 Å². The molecule has 158 valence electrons. The van der Waals surface area contributed by atoms with Crippen molar-refractivity contribution in [1.29, 1.82) is 0 Å². The Hall–Kier alpha value is -1.61. The normalized spacial score (nSPS) is 21.2. The third kappa shape index (κ3) is 5.51. The van der Waals surface area contributed by atoms with Crippen molar-refractivity contribution in [3.8, 4) is 5.75 Å². The molecule has 0 saturated carbocycles. The smallest absolute Gasteiger partial charge is 0.183 e. The molecule has 2 aromatic carbocycles. The van der Waals surface area contributed by atoms with E-state index in [2.05, 4.69) is 5.32 Å². The lowest BCUT2D eigenvalue weighted by molar-refractivity contribution is 0.340. The summed E-state index contributed by atoms with van der Waals surface area (Å²) in [5.74, 6) is 0.0125. The van der Waals surface area contributed by atoms with Crippen LogP contribution in [-0.4, -0.2) is 52.8 Å². The Kier molecular flexibility index (Phi) is 6.88. The molecule has 9 heteroatoms. The summed E-state index contributed by atoms with van der Waals surface area (Å²) in [4.78, 5) is 0.104. The van der Waals surface area contributed by atoms with E-state index in [4.69, 9.17) is 16.3 Å². The summed E-state index contributed by atoms with van der Waals surface area (Å²) in [5.41, 5.74) is 1.04. The van der Waals surface area contributed by atoms with Crippen LogP contribution in [0.5, 0.6) is 5.75 Å². The Balaban J connectivity index is 1.73. The van der Waals surface area contributed by atoms with E-state index in [0.29, 0.717) is 30.3 Å². The summed E-state index contributed by atoms with van der Waals surface area (Å²) >= 11 is 5.88. The van der Waals surface area contributed by atoms with E-state index in [1.807, 2.05) is 19.1 Å². The fourth-order valence-corrected chi connectivity index (χ4v) is 8.27. The highest BCUT2D eigenvalue weighted by atomic mass is 35.5. The molecule has 6 nitrogen and oxygen atoms in total. The Bertz CT molecular complexity index is 1040. The Morgan fingerprint density at radius 3 is 2.34 bits per heavy atom. The molecule has 2 atom stereocenters. The summed E-state index contributed by atoms with van der Waals surface area (Å²) < 4.78 is 56.0. The van der Waals surface area contributed by atoms with Crippen molar-refractivity contribution in [2.24, 2.45) is 0 Å². The molecule has 1 heterocycles. The number of halogens is 1. The molecule has 29 heavy (non-hydrogen) atoms. The number of sulfone groups is 2. The van der Waals surface area contributed by atoms with Gasteiger partial charge in [-0.3, -0.25) is 0 Å². The summed E-state index contributed by atoms with van der Waals surface area (Å²) in [7, 11) is -7.24. The number of hydrogen-bond donors (Lipinski definition) is 1. The fraction of sp³-hybridized carbons (Fsp3) is 0.400. The average Bonchev–Trinajstić information content (AvgIpc) is 2.99. The van der Waals surface area contributed by atoms with Crippen LogP contribution in [0.3, 0.4) is 0 Å². The maximum Gasteiger partial charge on any atom is 0.183 e. The van der Waals surface area contributed by atoms with E-state index < -0.39 is 31.0 Å². The number of ether oxygens (including phenoxy) is 1. The molecule has 1 saturated heterocycles. The number of rotatable bonds is 8. The third-order valence-electron chi connectivity index (χ3n) is 4.90. The molecule has 0 aliphatic carbocycles. The van der Waals surface area contributed by atoms with E-state index in [1.54, 1.807) is 24.3 Å². The Morgan fingerprint density at radius 1 is 1.07 bits per heavy atom. The van der Waals surface area contributed by atoms with E-state index >= 15 is 0 Å². The molecule has 1 fully saturated rings. The first-order valence-electron chi connectivity index (χ1n) is 9.36. The van der Waals surface area contributed by atoms with Gasteiger partial charge in [-0.05, 0) is 61.9 Å². The highest BCUT2D eigenvalue weighted by molar-refractivity contribution is 7.96. The predicted molar refractivity (Wildman–Crippen MR) is 114 cm³/mol. The first-order valence-corrected chi connectivity index (χ1v) is 13.1. The van der Waals surface area contributed by atoms with E-state index in [9.17, 15) is 16.8 Å². The second-order valence-corrected chi connectivity index (χ2v) is 11.8. The van der Waals surface area contributed by atoms with Gasteiger partial charge in [0.2, 0.25) is 0 Å². The molecule has 1 N–H and O–H groups in total.